The Bertz CT molecular complexity index is 1790. The molecular formula is C34H44F5N8O3+. The number of benzene rings is 1. The highest BCUT2D eigenvalue weighted by atomic mass is 19.4. The monoisotopic (exact) mass is 707 g/mol. The summed E-state index contributed by atoms with van der Waals surface area (Å²) in [6.07, 6.45) is 0.253. The molecule has 16 heteroatoms. The highest BCUT2D eigenvalue weighted by molar-refractivity contribution is 5.96. The van der Waals surface area contributed by atoms with Crippen LogP contribution in [-0.2, 0) is 28.7 Å². The topological polar surface area (TPSA) is 115 Å². The molecule has 0 spiro atoms. The summed E-state index contributed by atoms with van der Waals surface area (Å²) in [7, 11) is 3.98. The third-order valence-corrected chi connectivity index (χ3v) is 7.76. The third-order valence-electron chi connectivity index (χ3n) is 7.76. The lowest BCUT2D eigenvalue weighted by Crippen LogP contribution is -2.46. The van der Waals surface area contributed by atoms with Crippen LogP contribution in [0, 0.1) is 0 Å². The normalized spacial score (nSPS) is 12.5. The third kappa shape index (κ3) is 10.2. The van der Waals surface area contributed by atoms with Gasteiger partial charge in [0.2, 0.25) is 0 Å². The van der Waals surface area contributed by atoms with Crippen molar-refractivity contribution in [2.75, 3.05) is 39.0 Å². The number of nitrogens with zero attached hydrogens (tertiary/aromatic N) is 6. The number of nitrogens with one attached hydrogen (secondary N) is 2. The van der Waals surface area contributed by atoms with Crippen molar-refractivity contribution >= 4 is 29.0 Å². The molecule has 0 radical (unpaired) electrons. The molecule has 0 aliphatic rings. The molecule has 4 rings (SSSR count). The molecule has 0 aliphatic carbocycles. The fraction of sp³-hybridized carbons (Fsp3) is 0.500. The van der Waals surface area contributed by atoms with Crippen molar-refractivity contribution < 1.29 is 40.8 Å². The predicted octanol–water partition coefficient (Wildman–Crippen LogP) is 6.50. The lowest BCUT2D eigenvalue weighted by atomic mass is 10.0. The number of ether oxygens (including phenoxy) is 1. The number of hydrogen-bond donors (Lipinski definition) is 2. The van der Waals surface area contributed by atoms with Gasteiger partial charge in [-0.15, -0.1) is 0 Å². The first kappa shape index (κ1) is 38.2. The van der Waals surface area contributed by atoms with E-state index in [1.165, 1.54) is 23.0 Å². The van der Waals surface area contributed by atoms with E-state index in [1.54, 1.807) is 18.2 Å². The molecule has 2 N–H and O–H groups in total. The number of imidazole rings is 1. The molecule has 0 bridgehead atoms. The Morgan fingerprint density at radius 3 is 2.46 bits per heavy atom. The van der Waals surface area contributed by atoms with Crippen LogP contribution >= 0.6 is 0 Å². The lowest BCUT2D eigenvalue weighted by molar-refractivity contribution is -0.883. The number of carbonyl (C=O) groups is 2. The highest BCUT2D eigenvalue weighted by Crippen LogP contribution is 2.37. The molecule has 0 atom stereocenters. The van der Waals surface area contributed by atoms with Gasteiger partial charge in [-0.2, -0.15) is 18.3 Å². The average Bonchev–Trinajstić information content (AvgIpc) is 3.62. The molecule has 11 nitrogen and oxygen atoms in total. The number of aryl methyl sites for hydroxylation is 1. The Labute approximate surface area is 287 Å². The lowest BCUT2D eigenvalue weighted by Gasteiger charge is -2.30. The summed E-state index contributed by atoms with van der Waals surface area (Å²) in [6.45, 7) is 8.04. The maximum Gasteiger partial charge on any atom is 0.435 e. The van der Waals surface area contributed by atoms with E-state index < -0.39 is 36.0 Å². The Morgan fingerprint density at radius 2 is 1.80 bits per heavy atom. The van der Waals surface area contributed by atoms with Gasteiger partial charge in [0.05, 0.1) is 38.1 Å². The van der Waals surface area contributed by atoms with Crippen molar-refractivity contribution in [2.45, 2.75) is 78.1 Å². The molecule has 3 aromatic heterocycles. The number of aromatic nitrogens is 5. The first-order valence-corrected chi connectivity index (χ1v) is 16.3. The number of quaternary nitrogens is 1. The van der Waals surface area contributed by atoms with Crippen LogP contribution in [-0.4, -0.2) is 86.3 Å². The number of alkyl halides is 5. The van der Waals surface area contributed by atoms with E-state index in [1.807, 2.05) is 41.8 Å². The summed E-state index contributed by atoms with van der Waals surface area (Å²) in [5, 5.41) is 9.47. The second-order valence-electron chi connectivity index (χ2n) is 13.7. The van der Waals surface area contributed by atoms with Crippen LogP contribution in [0.25, 0.3) is 16.9 Å². The Balaban J connectivity index is 1.38. The van der Waals surface area contributed by atoms with Gasteiger partial charge in [-0.05, 0) is 70.2 Å². The zero-order valence-electron chi connectivity index (χ0n) is 29.1. The highest BCUT2D eigenvalue weighted by Gasteiger charge is 2.38. The molecule has 50 heavy (non-hydrogen) atoms. The largest absolute Gasteiger partial charge is 0.456 e. The van der Waals surface area contributed by atoms with Gasteiger partial charge in [-0.25, -0.2) is 23.5 Å². The number of esters is 1. The van der Waals surface area contributed by atoms with Crippen LogP contribution in [0.5, 0.6) is 0 Å². The summed E-state index contributed by atoms with van der Waals surface area (Å²) in [5.74, 6) is -0.204. The molecule has 0 aliphatic heterocycles. The van der Waals surface area contributed by atoms with Crippen molar-refractivity contribution in [3.05, 3.63) is 59.8 Å². The van der Waals surface area contributed by atoms with Gasteiger partial charge in [0.25, 0.3) is 12.3 Å². The smallest absolute Gasteiger partial charge is 0.435 e. The van der Waals surface area contributed by atoms with E-state index in [9.17, 15) is 31.5 Å². The van der Waals surface area contributed by atoms with Gasteiger partial charge in [0, 0.05) is 36.4 Å². The van der Waals surface area contributed by atoms with Crippen LogP contribution in [0.1, 0.15) is 68.6 Å². The molecule has 3 heterocycles. The number of fused-ring (bicyclic) bond motifs is 1. The summed E-state index contributed by atoms with van der Waals surface area (Å²) in [5.41, 5.74) is -0.149. The molecule has 1 aromatic carbocycles. The van der Waals surface area contributed by atoms with E-state index in [0.29, 0.717) is 33.4 Å². The number of carbonyl (C=O) groups excluding carboxylic acids is 2. The second kappa shape index (κ2) is 15.5. The average molecular weight is 708 g/mol. The van der Waals surface area contributed by atoms with Gasteiger partial charge < -0.3 is 19.9 Å². The molecule has 272 valence electrons. The van der Waals surface area contributed by atoms with Crippen LogP contribution in [0.4, 0.5) is 33.5 Å². The van der Waals surface area contributed by atoms with Crippen LogP contribution in [0.3, 0.4) is 0 Å². The van der Waals surface area contributed by atoms with Gasteiger partial charge in [-0.1, -0.05) is 6.92 Å². The summed E-state index contributed by atoms with van der Waals surface area (Å²) in [6, 6.07) is 5.19. The van der Waals surface area contributed by atoms with Crippen molar-refractivity contribution in [1.82, 2.24) is 29.5 Å². The molecule has 0 fully saturated rings. The van der Waals surface area contributed by atoms with Crippen molar-refractivity contribution in [3.63, 3.8) is 0 Å². The number of amides is 1. The van der Waals surface area contributed by atoms with E-state index in [4.69, 9.17) is 4.74 Å². The number of unbranched alkanes of at least 4 members (excludes halogenated alkanes) is 2. The van der Waals surface area contributed by atoms with Crippen LogP contribution in [0.15, 0.2) is 43.0 Å². The standard InChI is InChI=1S/C34H43F5N8O3/c1-7-22-17-23(11-12-24(22)32(49)41-13-9-8-10-16-47(5,6)21-28(48)50-33(2,3)4)43-30-31-42-18-26(46(31)15-14-40-30)25-19-45(20-27(35)36)44-29(25)34(37,38)39/h11-12,14-15,17-19,27H,7-10,13,16,20-21H2,1-6H3,(H-,40,41,43,49)/p+1. The predicted molar refractivity (Wildman–Crippen MR) is 178 cm³/mol. The van der Waals surface area contributed by atoms with E-state index >= 15 is 0 Å². The van der Waals surface area contributed by atoms with Gasteiger partial charge in [-0.3, -0.25) is 13.9 Å². The number of rotatable bonds is 15. The summed E-state index contributed by atoms with van der Waals surface area (Å²) >= 11 is 0. The van der Waals surface area contributed by atoms with Crippen LogP contribution in [0.2, 0.25) is 0 Å². The Morgan fingerprint density at radius 1 is 1.06 bits per heavy atom. The summed E-state index contributed by atoms with van der Waals surface area (Å²) in [4.78, 5) is 33.8. The van der Waals surface area contributed by atoms with Gasteiger partial charge in [0.1, 0.15) is 12.1 Å². The first-order chi connectivity index (χ1) is 23.4. The van der Waals surface area contributed by atoms with E-state index in [2.05, 4.69) is 25.7 Å². The minimum absolute atomic E-state index is 0.00290. The molecule has 0 unspecified atom stereocenters. The van der Waals surface area contributed by atoms with Gasteiger partial charge in [0.15, 0.2) is 23.7 Å². The maximum atomic E-state index is 13.8. The Kier molecular flexibility index (Phi) is 11.9. The Hall–Kier alpha value is -4.60. The molecule has 1 amide bonds. The first-order valence-electron chi connectivity index (χ1n) is 16.3. The van der Waals surface area contributed by atoms with E-state index in [0.717, 1.165) is 37.6 Å². The molecule has 0 saturated heterocycles. The zero-order chi connectivity index (χ0) is 36.9. The van der Waals surface area contributed by atoms with Crippen molar-refractivity contribution in [3.8, 4) is 11.3 Å². The molecule has 4 aromatic rings. The number of hydrogen-bond acceptors (Lipinski definition) is 7. The van der Waals surface area contributed by atoms with Crippen molar-refractivity contribution in [2.24, 2.45) is 0 Å². The van der Waals surface area contributed by atoms with E-state index in [-0.39, 0.29) is 35.6 Å². The number of anilines is 2. The minimum Gasteiger partial charge on any atom is -0.456 e. The molecule has 0 saturated carbocycles. The number of likely N-dealkylation sites (N-methyl/N-ethyl adjacent to an activating group) is 1. The van der Waals surface area contributed by atoms with Crippen molar-refractivity contribution in [1.29, 1.82) is 0 Å². The fourth-order valence-electron chi connectivity index (χ4n) is 5.52. The second-order valence-corrected chi connectivity index (χ2v) is 13.7. The van der Waals surface area contributed by atoms with Crippen LogP contribution < -0.4 is 10.6 Å². The number of halogens is 5. The SMILES string of the molecule is CCc1cc(Nc2nccn3c(-c4cn(CC(F)F)nc4C(F)(F)F)cnc23)ccc1C(=O)NCCCCC[N+](C)(C)CC(=O)OC(C)(C)C. The summed E-state index contributed by atoms with van der Waals surface area (Å²) < 4.78 is 75.1. The quantitative estimate of drug-likeness (QED) is 0.0628. The maximum absolute atomic E-state index is 13.8. The fourth-order valence-corrected chi connectivity index (χ4v) is 5.52. The minimum atomic E-state index is -4.88. The molecular weight excluding hydrogens is 663 g/mol. The van der Waals surface area contributed by atoms with Gasteiger partial charge >= 0.3 is 12.1 Å². The zero-order valence-corrected chi connectivity index (χ0v) is 29.1.